The summed E-state index contributed by atoms with van der Waals surface area (Å²) in [6.45, 7) is 3.31. The highest BCUT2D eigenvalue weighted by Crippen LogP contribution is 2.20. The fourth-order valence-electron chi connectivity index (χ4n) is 2.03. The van der Waals surface area contributed by atoms with Gasteiger partial charge in [-0.2, -0.15) is 4.98 Å². The van der Waals surface area contributed by atoms with E-state index in [0.717, 1.165) is 24.9 Å². The highest BCUT2D eigenvalue weighted by molar-refractivity contribution is 7.89. The van der Waals surface area contributed by atoms with Crippen molar-refractivity contribution < 1.29 is 12.9 Å². The van der Waals surface area contributed by atoms with Gasteiger partial charge in [0.25, 0.3) is 0 Å². The third-order valence-electron chi connectivity index (χ3n) is 2.91. The van der Waals surface area contributed by atoms with Gasteiger partial charge in [-0.25, -0.2) is 8.42 Å². The molecule has 0 unspecified atom stereocenters. The monoisotopic (exact) mass is 343 g/mol. The molecule has 2 rings (SSSR count). The first-order valence-electron chi connectivity index (χ1n) is 6.87. The van der Waals surface area contributed by atoms with E-state index in [4.69, 9.17) is 16.1 Å². The van der Waals surface area contributed by atoms with Crippen molar-refractivity contribution in [1.82, 2.24) is 10.1 Å². The number of anilines is 1. The van der Waals surface area contributed by atoms with Crippen LogP contribution in [-0.2, 0) is 22.1 Å². The van der Waals surface area contributed by atoms with Gasteiger partial charge in [0.05, 0.1) is 6.54 Å². The van der Waals surface area contributed by atoms with Gasteiger partial charge in [0.1, 0.15) is 5.75 Å². The molecule has 8 heteroatoms. The zero-order valence-electron chi connectivity index (χ0n) is 12.5. The molecular weight excluding hydrogens is 326 g/mol. The van der Waals surface area contributed by atoms with Gasteiger partial charge in [0.2, 0.25) is 5.89 Å². The lowest BCUT2D eigenvalue weighted by molar-refractivity contribution is 0.372. The van der Waals surface area contributed by atoms with Crippen LogP contribution in [0, 0.1) is 0 Å². The second-order valence-electron chi connectivity index (χ2n) is 5.07. The average Bonchev–Trinajstić information content (AvgIpc) is 2.84. The number of sulfone groups is 1. The molecule has 6 nitrogen and oxygen atoms in total. The second-order valence-corrected chi connectivity index (χ2v) is 7.65. The van der Waals surface area contributed by atoms with E-state index >= 15 is 0 Å². The zero-order valence-corrected chi connectivity index (χ0v) is 14.1. The zero-order chi connectivity index (χ0) is 16.2. The summed E-state index contributed by atoms with van der Waals surface area (Å²) in [4.78, 5) is 6.21. The average molecular weight is 344 g/mol. The molecule has 0 saturated carbocycles. The van der Waals surface area contributed by atoms with Gasteiger partial charge in [-0.3, -0.25) is 0 Å². The first-order valence-corrected chi connectivity index (χ1v) is 9.31. The minimum atomic E-state index is -3.17. The summed E-state index contributed by atoms with van der Waals surface area (Å²) in [5.41, 5.74) is 0.995. The fraction of sp³-hybridized carbons (Fsp3) is 0.429. The lowest BCUT2D eigenvalue weighted by atomic mass is 10.2. The van der Waals surface area contributed by atoms with Crippen molar-refractivity contribution in [2.75, 3.05) is 17.7 Å². The van der Waals surface area contributed by atoms with Crippen LogP contribution < -0.4 is 4.90 Å². The standard InChI is InChI=1S/C14H18ClN3O3S/c1-3-8-18(12-6-4-11(15)5-7-12)9-14-16-13(17-21-14)10-22(2,19)20/h4-7H,3,8-10H2,1-2H3. The summed E-state index contributed by atoms with van der Waals surface area (Å²) in [5.74, 6) is 0.359. The van der Waals surface area contributed by atoms with Crippen LogP contribution in [0.2, 0.25) is 5.02 Å². The molecule has 0 saturated heterocycles. The first kappa shape index (κ1) is 16.8. The maximum Gasteiger partial charge on any atom is 0.246 e. The number of aromatic nitrogens is 2. The number of benzene rings is 1. The molecular formula is C14H18ClN3O3S. The van der Waals surface area contributed by atoms with Gasteiger partial charge in [0.15, 0.2) is 15.7 Å². The molecule has 0 atom stereocenters. The Hall–Kier alpha value is -1.60. The van der Waals surface area contributed by atoms with E-state index in [0.29, 0.717) is 17.5 Å². The van der Waals surface area contributed by atoms with Crippen molar-refractivity contribution in [1.29, 1.82) is 0 Å². The fourth-order valence-corrected chi connectivity index (χ4v) is 2.74. The Labute approximate surface area is 135 Å². The Bertz CT molecular complexity index is 713. The minimum absolute atomic E-state index is 0.185. The number of halogens is 1. The van der Waals surface area contributed by atoms with Crippen molar-refractivity contribution in [2.24, 2.45) is 0 Å². The van der Waals surface area contributed by atoms with E-state index < -0.39 is 9.84 Å². The molecule has 0 radical (unpaired) electrons. The van der Waals surface area contributed by atoms with E-state index in [2.05, 4.69) is 22.0 Å². The smallest absolute Gasteiger partial charge is 0.246 e. The molecule has 0 fully saturated rings. The van der Waals surface area contributed by atoms with Gasteiger partial charge in [-0.15, -0.1) is 0 Å². The van der Waals surface area contributed by atoms with Crippen LogP contribution in [0.25, 0.3) is 0 Å². The minimum Gasteiger partial charge on any atom is -0.362 e. The Morgan fingerprint density at radius 3 is 2.55 bits per heavy atom. The Morgan fingerprint density at radius 2 is 1.95 bits per heavy atom. The highest BCUT2D eigenvalue weighted by Gasteiger charge is 2.15. The van der Waals surface area contributed by atoms with Gasteiger partial charge < -0.3 is 9.42 Å². The van der Waals surface area contributed by atoms with Crippen molar-refractivity contribution in [3.63, 3.8) is 0 Å². The molecule has 1 heterocycles. The number of nitrogens with zero attached hydrogens (tertiary/aromatic N) is 3. The Balaban J connectivity index is 2.12. The van der Waals surface area contributed by atoms with Crippen LogP contribution >= 0.6 is 11.6 Å². The maximum atomic E-state index is 11.2. The number of hydrogen-bond donors (Lipinski definition) is 0. The van der Waals surface area contributed by atoms with Gasteiger partial charge >= 0.3 is 0 Å². The molecule has 0 amide bonds. The van der Waals surface area contributed by atoms with E-state index in [9.17, 15) is 8.42 Å². The largest absolute Gasteiger partial charge is 0.362 e. The van der Waals surface area contributed by atoms with Gasteiger partial charge in [-0.1, -0.05) is 23.7 Å². The molecule has 120 valence electrons. The molecule has 22 heavy (non-hydrogen) atoms. The molecule has 0 aliphatic heterocycles. The second kappa shape index (κ2) is 7.11. The molecule has 2 aromatic rings. The first-order chi connectivity index (χ1) is 10.4. The van der Waals surface area contributed by atoms with E-state index in [1.807, 2.05) is 24.3 Å². The number of hydrogen-bond acceptors (Lipinski definition) is 6. The van der Waals surface area contributed by atoms with Crippen LogP contribution in [-0.4, -0.2) is 31.4 Å². The lowest BCUT2D eigenvalue weighted by Gasteiger charge is -2.22. The van der Waals surface area contributed by atoms with Crippen LogP contribution in [0.15, 0.2) is 28.8 Å². The van der Waals surface area contributed by atoms with Crippen LogP contribution in [0.4, 0.5) is 5.69 Å². The lowest BCUT2D eigenvalue weighted by Crippen LogP contribution is -2.23. The van der Waals surface area contributed by atoms with Crippen LogP contribution in [0.1, 0.15) is 25.1 Å². The van der Waals surface area contributed by atoms with Gasteiger partial charge in [0, 0.05) is 23.5 Å². The molecule has 1 aromatic carbocycles. The van der Waals surface area contributed by atoms with Crippen molar-refractivity contribution >= 4 is 27.1 Å². The predicted molar refractivity (Wildman–Crippen MR) is 85.6 cm³/mol. The Kier molecular flexibility index (Phi) is 5.42. The van der Waals surface area contributed by atoms with Gasteiger partial charge in [-0.05, 0) is 30.7 Å². The van der Waals surface area contributed by atoms with Crippen LogP contribution in [0.5, 0.6) is 0 Å². The number of rotatable bonds is 7. The predicted octanol–water partition coefficient (Wildman–Crippen LogP) is 2.68. The van der Waals surface area contributed by atoms with E-state index in [-0.39, 0.29) is 11.6 Å². The summed E-state index contributed by atoms with van der Waals surface area (Å²) in [6.07, 6.45) is 2.09. The summed E-state index contributed by atoms with van der Waals surface area (Å²) in [6, 6.07) is 7.49. The third kappa shape index (κ3) is 4.99. The molecule has 0 aliphatic rings. The quantitative estimate of drug-likeness (QED) is 0.769. The maximum absolute atomic E-state index is 11.2. The van der Waals surface area contributed by atoms with Crippen molar-refractivity contribution in [2.45, 2.75) is 25.6 Å². The van der Waals surface area contributed by atoms with Crippen molar-refractivity contribution in [3.05, 3.63) is 41.0 Å². The molecule has 1 aromatic heterocycles. The molecule has 0 aliphatic carbocycles. The highest BCUT2D eigenvalue weighted by atomic mass is 35.5. The Morgan fingerprint density at radius 1 is 1.27 bits per heavy atom. The SMILES string of the molecule is CCCN(Cc1nc(CS(C)(=O)=O)no1)c1ccc(Cl)cc1. The van der Waals surface area contributed by atoms with E-state index in [1.54, 1.807) is 0 Å². The van der Waals surface area contributed by atoms with E-state index in [1.165, 1.54) is 0 Å². The molecule has 0 N–H and O–H groups in total. The van der Waals surface area contributed by atoms with Crippen molar-refractivity contribution in [3.8, 4) is 0 Å². The molecule has 0 spiro atoms. The topological polar surface area (TPSA) is 76.3 Å². The summed E-state index contributed by atoms with van der Waals surface area (Å²) in [7, 11) is -3.17. The summed E-state index contributed by atoms with van der Waals surface area (Å²) < 4.78 is 27.6. The summed E-state index contributed by atoms with van der Waals surface area (Å²) in [5, 5.41) is 4.38. The molecule has 0 bridgehead atoms. The normalized spacial score (nSPS) is 11.6. The van der Waals surface area contributed by atoms with Crippen LogP contribution in [0.3, 0.4) is 0 Å². The third-order valence-corrected chi connectivity index (χ3v) is 3.95. The summed E-state index contributed by atoms with van der Waals surface area (Å²) >= 11 is 5.90.